The Bertz CT molecular complexity index is 791. The van der Waals surface area contributed by atoms with Crippen LogP contribution in [0.25, 0.3) is 6.08 Å². The molecule has 1 N–H and O–H groups in total. The molecule has 0 aliphatic carbocycles. The molecule has 30 heavy (non-hydrogen) atoms. The van der Waals surface area contributed by atoms with Gasteiger partial charge in [-0.3, -0.25) is 9.80 Å². The van der Waals surface area contributed by atoms with Crippen LogP contribution in [0.4, 0.5) is 0 Å². The first-order chi connectivity index (χ1) is 14.7. The van der Waals surface area contributed by atoms with Crippen molar-refractivity contribution in [1.82, 2.24) is 9.80 Å². The van der Waals surface area contributed by atoms with Crippen molar-refractivity contribution in [2.45, 2.75) is 25.9 Å². The van der Waals surface area contributed by atoms with E-state index in [9.17, 15) is 5.11 Å². The van der Waals surface area contributed by atoms with E-state index in [1.807, 2.05) is 31.2 Å². The van der Waals surface area contributed by atoms with Gasteiger partial charge in [0.2, 0.25) is 0 Å². The Morgan fingerprint density at radius 2 is 1.90 bits per heavy atom. The van der Waals surface area contributed by atoms with Gasteiger partial charge in [-0.05, 0) is 37.1 Å². The largest absolute Gasteiger partial charge is 0.497 e. The fraction of sp³-hybridized carbons (Fsp3) is 0.440. The van der Waals surface area contributed by atoms with Crippen LogP contribution < -0.4 is 9.47 Å². The van der Waals surface area contributed by atoms with Gasteiger partial charge in [0.25, 0.3) is 0 Å². The maximum Gasteiger partial charge on any atom is 0.123 e. The zero-order valence-corrected chi connectivity index (χ0v) is 18.2. The van der Waals surface area contributed by atoms with Gasteiger partial charge < -0.3 is 14.6 Å². The molecule has 0 bridgehead atoms. The summed E-state index contributed by atoms with van der Waals surface area (Å²) in [7, 11) is 1.68. The molecule has 0 aromatic heterocycles. The Hall–Kier alpha value is -2.34. The second-order valence-electron chi connectivity index (χ2n) is 7.61. The minimum atomic E-state index is 0.212. The van der Waals surface area contributed by atoms with Gasteiger partial charge in [-0.25, -0.2) is 0 Å². The Morgan fingerprint density at radius 3 is 2.63 bits per heavy atom. The number of hydrogen-bond donors (Lipinski definition) is 1. The fourth-order valence-electron chi connectivity index (χ4n) is 3.96. The molecule has 1 atom stereocenters. The molecule has 0 spiro atoms. The second kappa shape index (κ2) is 11.7. The average molecular weight is 411 g/mol. The number of methoxy groups -OCH3 is 1. The highest BCUT2D eigenvalue weighted by Gasteiger charge is 2.26. The third-order valence-electron chi connectivity index (χ3n) is 5.59. The SMILES string of the molecule is CCOc1ccccc1CN1CCN(C/C=C/c2ccc(OC)cc2)C[C@@H]1CCO. The number of hydrogen-bond acceptors (Lipinski definition) is 5. The molecule has 1 aliphatic heterocycles. The Kier molecular flexibility index (Phi) is 8.75. The minimum Gasteiger partial charge on any atom is -0.497 e. The van der Waals surface area contributed by atoms with Gasteiger partial charge in [0.05, 0.1) is 13.7 Å². The van der Waals surface area contributed by atoms with Crippen LogP contribution in [-0.4, -0.2) is 67.5 Å². The molecule has 0 unspecified atom stereocenters. The number of piperazine rings is 1. The molecule has 2 aromatic rings. The van der Waals surface area contributed by atoms with E-state index in [4.69, 9.17) is 9.47 Å². The molecule has 5 nitrogen and oxygen atoms in total. The van der Waals surface area contributed by atoms with Crippen LogP contribution in [0.3, 0.4) is 0 Å². The smallest absolute Gasteiger partial charge is 0.123 e. The highest BCUT2D eigenvalue weighted by Crippen LogP contribution is 2.23. The van der Waals surface area contributed by atoms with Gasteiger partial charge in [0.1, 0.15) is 11.5 Å². The standard InChI is InChI=1S/C25H34N2O3/c1-3-30-25-9-5-4-8-22(25)19-27-17-16-26(20-23(27)14-18-28)15-6-7-21-10-12-24(29-2)13-11-21/h4-13,23,28H,3,14-20H2,1-2H3/b7-6+/t23-/m0/s1. The number of ether oxygens (including phenoxy) is 2. The highest BCUT2D eigenvalue weighted by molar-refractivity contribution is 5.50. The Balaban J connectivity index is 1.57. The van der Waals surface area contributed by atoms with E-state index in [-0.39, 0.29) is 6.61 Å². The van der Waals surface area contributed by atoms with Crippen molar-refractivity contribution in [2.75, 3.05) is 46.5 Å². The summed E-state index contributed by atoms with van der Waals surface area (Å²) in [6.07, 6.45) is 5.17. The van der Waals surface area contributed by atoms with Crippen molar-refractivity contribution < 1.29 is 14.6 Å². The van der Waals surface area contributed by atoms with E-state index in [2.05, 4.69) is 46.2 Å². The molecule has 1 heterocycles. The van der Waals surface area contributed by atoms with Crippen LogP contribution in [0, 0.1) is 0 Å². The summed E-state index contributed by atoms with van der Waals surface area (Å²) in [5, 5.41) is 9.60. The molecular weight excluding hydrogens is 376 g/mol. The van der Waals surface area contributed by atoms with Gasteiger partial charge in [-0.1, -0.05) is 42.5 Å². The third-order valence-corrected chi connectivity index (χ3v) is 5.59. The molecule has 1 saturated heterocycles. The summed E-state index contributed by atoms with van der Waals surface area (Å²) in [5.41, 5.74) is 2.39. The zero-order chi connectivity index (χ0) is 21.2. The van der Waals surface area contributed by atoms with Crippen LogP contribution >= 0.6 is 0 Å². The van der Waals surface area contributed by atoms with E-state index in [0.717, 1.165) is 50.6 Å². The van der Waals surface area contributed by atoms with E-state index < -0.39 is 0 Å². The first kappa shape index (κ1) is 22.3. The zero-order valence-electron chi connectivity index (χ0n) is 18.2. The minimum absolute atomic E-state index is 0.212. The van der Waals surface area contributed by atoms with Crippen LogP contribution in [0.2, 0.25) is 0 Å². The molecular formula is C25H34N2O3. The van der Waals surface area contributed by atoms with E-state index in [0.29, 0.717) is 12.6 Å². The van der Waals surface area contributed by atoms with Crippen molar-refractivity contribution >= 4 is 6.08 Å². The topological polar surface area (TPSA) is 45.2 Å². The third kappa shape index (κ3) is 6.33. The molecule has 1 aliphatic rings. The number of para-hydroxylation sites is 1. The summed E-state index contributed by atoms with van der Waals surface area (Å²) in [4.78, 5) is 4.95. The number of nitrogens with zero attached hydrogens (tertiary/aromatic N) is 2. The number of rotatable bonds is 10. The van der Waals surface area contributed by atoms with Crippen LogP contribution in [0.15, 0.2) is 54.6 Å². The lowest BCUT2D eigenvalue weighted by atomic mass is 10.1. The van der Waals surface area contributed by atoms with E-state index in [1.54, 1.807) is 7.11 Å². The molecule has 2 aromatic carbocycles. The van der Waals surface area contributed by atoms with E-state index in [1.165, 1.54) is 11.1 Å². The summed E-state index contributed by atoms with van der Waals surface area (Å²) in [6.45, 7) is 7.64. The lowest BCUT2D eigenvalue weighted by Gasteiger charge is -2.41. The molecule has 162 valence electrons. The second-order valence-corrected chi connectivity index (χ2v) is 7.61. The normalized spacial score (nSPS) is 18.0. The summed E-state index contributed by atoms with van der Waals surface area (Å²) < 4.78 is 11.0. The highest BCUT2D eigenvalue weighted by atomic mass is 16.5. The van der Waals surface area contributed by atoms with Gasteiger partial charge in [0.15, 0.2) is 0 Å². The van der Waals surface area contributed by atoms with Gasteiger partial charge in [0, 0.05) is 50.9 Å². The van der Waals surface area contributed by atoms with Gasteiger partial charge in [-0.15, -0.1) is 0 Å². The Labute approximate surface area is 180 Å². The summed E-state index contributed by atoms with van der Waals surface area (Å²) >= 11 is 0. The van der Waals surface area contributed by atoms with Crippen molar-refractivity contribution in [3.63, 3.8) is 0 Å². The van der Waals surface area contributed by atoms with Crippen LogP contribution in [0.1, 0.15) is 24.5 Å². The molecule has 0 amide bonds. The fourth-order valence-corrected chi connectivity index (χ4v) is 3.96. The monoisotopic (exact) mass is 410 g/mol. The summed E-state index contributed by atoms with van der Waals surface area (Å²) in [5.74, 6) is 1.84. The molecule has 0 saturated carbocycles. The lowest BCUT2D eigenvalue weighted by molar-refractivity contribution is 0.0590. The lowest BCUT2D eigenvalue weighted by Crippen LogP contribution is -2.52. The van der Waals surface area contributed by atoms with Crippen LogP contribution in [-0.2, 0) is 6.54 Å². The predicted molar refractivity (Wildman–Crippen MR) is 122 cm³/mol. The maximum atomic E-state index is 9.60. The molecule has 1 fully saturated rings. The number of benzene rings is 2. The average Bonchev–Trinajstić information content (AvgIpc) is 2.77. The number of aliphatic hydroxyl groups is 1. The van der Waals surface area contributed by atoms with Crippen molar-refractivity contribution in [1.29, 1.82) is 0 Å². The number of aliphatic hydroxyl groups excluding tert-OH is 1. The van der Waals surface area contributed by atoms with Crippen LogP contribution in [0.5, 0.6) is 11.5 Å². The first-order valence-corrected chi connectivity index (χ1v) is 10.8. The van der Waals surface area contributed by atoms with Gasteiger partial charge >= 0.3 is 0 Å². The van der Waals surface area contributed by atoms with Crippen molar-refractivity contribution in [3.05, 3.63) is 65.7 Å². The van der Waals surface area contributed by atoms with Crippen molar-refractivity contribution in [3.8, 4) is 11.5 Å². The quantitative estimate of drug-likeness (QED) is 0.647. The van der Waals surface area contributed by atoms with E-state index >= 15 is 0 Å². The Morgan fingerprint density at radius 1 is 1.10 bits per heavy atom. The van der Waals surface area contributed by atoms with Gasteiger partial charge in [-0.2, -0.15) is 0 Å². The molecule has 5 heteroatoms. The molecule has 0 radical (unpaired) electrons. The molecule has 3 rings (SSSR count). The summed E-state index contributed by atoms with van der Waals surface area (Å²) in [6, 6.07) is 16.7. The maximum absolute atomic E-state index is 9.60. The van der Waals surface area contributed by atoms with Crippen molar-refractivity contribution in [2.24, 2.45) is 0 Å². The first-order valence-electron chi connectivity index (χ1n) is 10.8. The predicted octanol–water partition coefficient (Wildman–Crippen LogP) is 3.68.